The lowest BCUT2D eigenvalue weighted by Crippen LogP contribution is -2.44. The molecule has 1 saturated heterocycles. The maximum atomic E-state index is 4.33. The number of rotatable bonds is 6. The van der Waals surface area contributed by atoms with Crippen molar-refractivity contribution in [3.05, 3.63) is 72.6 Å². The van der Waals surface area contributed by atoms with E-state index in [0.29, 0.717) is 0 Å². The number of likely N-dealkylation sites (N-methyl/N-ethyl adjacent to an activating group) is 1. The molecule has 6 nitrogen and oxygen atoms in total. The number of aromatic nitrogens is 2. The molecule has 28 heavy (non-hydrogen) atoms. The summed E-state index contributed by atoms with van der Waals surface area (Å²) in [6.45, 7) is 5.10. The molecule has 1 aliphatic heterocycles. The largest absolute Gasteiger partial charge is 0.369 e. The van der Waals surface area contributed by atoms with E-state index in [9.17, 15) is 0 Å². The van der Waals surface area contributed by atoms with E-state index in [1.54, 1.807) is 6.33 Å². The fourth-order valence-corrected chi connectivity index (χ4v) is 3.28. The highest BCUT2D eigenvalue weighted by Crippen LogP contribution is 2.22. The second-order valence-electron chi connectivity index (χ2n) is 7.09. The molecule has 0 saturated carbocycles. The van der Waals surface area contributed by atoms with Crippen molar-refractivity contribution >= 4 is 23.0 Å². The van der Waals surface area contributed by atoms with Gasteiger partial charge in [-0.15, -0.1) is 0 Å². The number of anilines is 4. The highest BCUT2D eigenvalue weighted by molar-refractivity contribution is 5.62. The van der Waals surface area contributed by atoms with E-state index in [1.165, 1.54) is 11.3 Å². The molecule has 6 heteroatoms. The third-order valence-corrected chi connectivity index (χ3v) is 4.99. The Labute approximate surface area is 166 Å². The highest BCUT2D eigenvalue weighted by atomic mass is 15.2. The van der Waals surface area contributed by atoms with Crippen molar-refractivity contribution in [3.63, 3.8) is 0 Å². The van der Waals surface area contributed by atoms with Crippen LogP contribution < -0.4 is 15.5 Å². The van der Waals surface area contributed by atoms with Gasteiger partial charge in [0.1, 0.15) is 18.0 Å². The molecule has 0 radical (unpaired) electrons. The lowest BCUT2D eigenvalue weighted by molar-refractivity contribution is 0.313. The quantitative estimate of drug-likeness (QED) is 0.688. The standard InChI is InChI=1S/C22H26N6/c1-27-11-13-28(14-12-27)20-9-7-19(8-10-20)26-22-15-21(24-17-25-22)23-16-18-5-3-2-4-6-18/h2-10,15,17H,11-14,16H2,1H3,(H2,23,24,25,26). The molecule has 0 amide bonds. The van der Waals surface area contributed by atoms with Crippen LogP contribution in [0, 0.1) is 0 Å². The van der Waals surface area contributed by atoms with Crippen molar-refractivity contribution < 1.29 is 0 Å². The normalized spacial score (nSPS) is 14.7. The van der Waals surface area contributed by atoms with Crippen LogP contribution in [0.3, 0.4) is 0 Å². The molecular formula is C22H26N6. The van der Waals surface area contributed by atoms with Crippen molar-refractivity contribution in [1.29, 1.82) is 0 Å². The number of benzene rings is 2. The maximum absolute atomic E-state index is 4.33. The molecular weight excluding hydrogens is 348 g/mol. The molecule has 1 aromatic heterocycles. The molecule has 2 N–H and O–H groups in total. The summed E-state index contributed by atoms with van der Waals surface area (Å²) in [5.41, 5.74) is 3.51. The minimum Gasteiger partial charge on any atom is -0.369 e. The van der Waals surface area contributed by atoms with Gasteiger partial charge in [-0.2, -0.15) is 0 Å². The molecule has 0 atom stereocenters. The summed E-state index contributed by atoms with van der Waals surface area (Å²) in [6.07, 6.45) is 1.58. The summed E-state index contributed by atoms with van der Waals surface area (Å²) in [6, 6.07) is 20.8. The number of nitrogens with zero attached hydrogens (tertiary/aromatic N) is 4. The van der Waals surface area contributed by atoms with Gasteiger partial charge in [-0.05, 0) is 36.9 Å². The Morgan fingerprint density at radius 3 is 2.32 bits per heavy atom. The van der Waals surface area contributed by atoms with Crippen molar-refractivity contribution in [1.82, 2.24) is 14.9 Å². The van der Waals surface area contributed by atoms with Gasteiger partial charge in [0.25, 0.3) is 0 Å². The van der Waals surface area contributed by atoms with Crippen LogP contribution in [0.15, 0.2) is 67.0 Å². The van der Waals surface area contributed by atoms with Gasteiger partial charge in [0.05, 0.1) is 0 Å². The average molecular weight is 374 g/mol. The van der Waals surface area contributed by atoms with Crippen LogP contribution in [0.1, 0.15) is 5.56 Å². The Morgan fingerprint density at radius 2 is 1.57 bits per heavy atom. The van der Waals surface area contributed by atoms with Gasteiger partial charge in [-0.1, -0.05) is 30.3 Å². The fourth-order valence-electron chi connectivity index (χ4n) is 3.28. The van der Waals surface area contributed by atoms with E-state index >= 15 is 0 Å². The minimum atomic E-state index is 0.733. The van der Waals surface area contributed by atoms with Crippen molar-refractivity contribution in [2.45, 2.75) is 6.54 Å². The first-order valence-electron chi connectivity index (χ1n) is 9.67. The first-order chi connectivity index (χ1) is 13.8. The zero-order chi connectivity index (χ0) is 19.2. The molecule has 4 rings (SSSR count). The summed E-state index contributed by atoms with van der Waals surface area (Å²) in [5, 5.41) is 6.70. The predicted octanol–water partition coefficient (Wildman–Crippen LogP) is 3.58. The zero-order valence-corrected chi connectivity index (χ0v) is 16.2. The molecule has 2 heterocycles. The third kappa shape index (κ3) is 4.78. The van der Waals surface area contributed by atoms with Crippen LogP contribution in [0.2, 0.25) is 0 Å². The Bertz CT molecular complexity index is 873. The Morgan fingerprint density at radius 1 is 0.857 bits per heavy atom. The molecule has 0 bridgehead atoms. The van der Waals surface area contributed by atoms with Crippen LogP contribution in [0.4, 0.5) is 23.0 Å². The van der Waals surface area contributed by atoms with E-state index in [-0.39, 0.29) is 0 Å². The number of piperazine rings is 1. The van der Waals surface area contributed by atoms with E-state index in [1.807, 2.05) is 24.3 Å². The summed E-state index contributed by atoms with van der Waals surface area (Å²) in [7, 11) is 2.18. The van der Waals surface area contributed by atoms with Gasteiger partial charge in [-0.3, -0.25) is 0 Å². The second kappa shape index (κ2) is 8.71. The van der Waals surface area contributed by atoms with Gasteiger partial charge in [0, 0.05) is 50.2 Å². The number of nitrogens with one attached hydrogen (secondary N) is 2. The topological polar surface area (TPSA) is 56.3 Å². The molecule has 0 spiro atoms. The average Bonchev–Trinajstić information content (AvgIpc) is 2.75. The minimum absolute atomic E-state index is 0.733. The van der Waals surface area contributed by atoms with Gasteiger partial charge >= 0.3 is 0 Å². The predicted molar refractivity (Wildman–Crippen MR) is 115 cm³/mol. The summed E-state index contributed by atoms with van der Waals surface area (Å²) < 4.78 is 0. The van der Waals surface area contributed by atoms with Gasteiger partial charge < -0.3 is 20.4 Å². The smallest absolute Gasteiger partial charge is 0.135 e. The molecule has 0 unspecified atom stereocenters. The maximum Gasteiger partial charge on any atom is 0.135 e. The highest BCUT2D eigenvalue weighted by Gasteiger charge is 2.13. The molecule has 2 aromatic carbocycles. The Hall–Kier alpha value is -3.12. The first-order valence-corrected chi connectivity index (χ1v) is 9.67. The Kier molecular flexibility index (Phi) is 5.68. The molecule has 1 aliphatic rings. The first kappa shape index (κ1) is 18.3. The lowest BCUT2D eigenvalue weighted by atomic mass is 10.2. The van der Waals surface area contributed by atoms with Crippen LogP contribution in [0.25, 0.3) is 0 Å². The molecule has 1 fully saturated rings. The van der Waals surface area contributed by atoms with E-state index < -0.39 is 0 Å². The van der Waals surface area contributed by atoms with Crippen LogP contribution >= 0.6 is 0 Å². The van der Waals surface area contributed by atoms with Gasteiger partial charge in [-0.25, -0.2) is 9.97 Å². The van der Waals surface area contributed by atoms with Crippen molar-refractivity contribution in [3.8, 4) is 0 Å². The van der Waals surface area contributed by atoms with E-state index in [2.05, 4.69) is 73.8 Å². The van der Waals surface area contributed by atoms with Crippen molar-refractivity contribution in [2.75, 3.05) is 48.8 Å². The lowest BCUT2D eigenvalue weighted by Gasteiger charge is -2.34. The molecule has 144 valence electrons. The number of hydrogen-bond acceptors (Lipinski definition) is 6. The van der Waals surface area contributed by atoms with Crippen LogP contribution in [0.5, 0.6) is 0 Å². The summed E-state index contributed by atoms with van der Waals surface area (Å²) >= 11 is 0. The van der Waals surface area contributed by atoms with Crippen LogP contribution in [-0.4, -0.2) is 48.1 Å². The van der Waals surface area contributed by atoms with Gasteiger partial charge in [0.2, 0.25) is 0 Å². The number of hydrogen-bond donors (Lipinski definition) is 2. The molecule has 3 aromatic rings. The van der Waals surface area contributed by atoms with Crippen LogP contribution in [-0.2, 0) is 6.54 Å². The van der Waals surface area contributed by atoms with E-state index in [0.717, 1.165) is 50.0 Å². The molecule has 0 aliphatic carbocycles. The SMILES string of the molecule is CN1CCN(c2ccc(Nc3cc(NCc4ccccc4)ncn3)cc2)CC1. The summed E-state index contributed by atoms with van der Waals surface area (Å²) in [5.74, 6) is 1.58. The second-order valence-corrected chi connectivity index (χ2v) is 7.09. The zero-order valence-electron chi connectivity index (χ0n) is 16.2. The third-order valence-electron chi connectivity index (χ3n) is 4.99. The summed E-state index contributed by atoms with van der Waals surface area (Å²) in [4.78, 5) is 13.4. The monoisotopic (exact) mass is 374 g/mol. The van der Waals surface area contributed by atoms with E-state index in [4.69, 9.17) is 0 Å². The van der Waals surface area contributed by atoms with Crippen molar-refractivity contribution in [2.24, 2.45) is 0 Å². The fraction of sp³-hybridized carbons (Fsp3) is 0.273. The van der Waals surface area contributed by atoms with Gasteiger partial charge in [0.15, 0.2) is 0 Å². The Balaban J connectivity index is 1.36.